The number of hydrogen-bond acceptors (Lipinski definition) is 4. The molecule has 1 aromatic heterocycles. The lowest BCUT2D eigenvalue weighted by Gasteiger charge is -2.32. The third kappa shape index (κ3) is 2.73. The molecule has 0 aromatic carbocycles. The lowest BCUT2D eigenvalue weighted by molar-refractivity contribution is 0.257. The average Bonchev–Trinajstić information content (AvgIpc) is 2.91. The van der Waals surface area contributed by atoms with Crippen molar-refractivity contribution in [1.82, 2.24) is 14.3 Å². The highest BCUT2D eigenvalue weighted by Crippen LogP contribution is 2.26. The number of rotatable bonds is 5. The van der Waals surface area contributed by atoms with Gasteiger partial charge in [-0.15, -0.1) is 0 Å². The summed E-state index contributed by atoms with van der Waals surface area (Å²) in [5, 5.41) is 0.154. The highest BCUT2D eigenvalue weighted by molar-refractivity contribution is 7.89. The summed E-state index contributed by atoms with van der Waals surface area (Å²) >= 11 is 0. The maximum Gasteiger partial charge on any atom is 0.260 e. The number of aromatic nitrogens is 2. The molecule has 1 aliphatic rings. The summed E-state index contributed by atoms with van der Waals surface area (Å²) in [6.45, 7) is 0.704. The molecule has 1 heterocycles. The van der Waals surface area contributed by atoms with Crippen LogP contribution in [-0.2, 0) is 10.0 Å². The molecule has 0 aliphatic heterocycles. The minimum atomic E-state index is -3.48. The normalized spacial score (nSPS) is 18.3. The summed E-state index contributed by atoms with van der Waals surface area (Å²) in [5.74, 6) is 0. The van der Waals surface area contributed by atoms with E-state index >= 15 is 0 Å². The molecule has 6 nitrogen and oxygen atoms in total. The fraction of sp³-hybridized carbons (Fsp3) is 0.727. The molecule has 1 aromatic rings. The predicted molar refractivity (Wildman–Crippen MR) is 68.4 cm³/mol. The summed E-state index contributed by atoms with van der Waals surface area (Å²) in [4.78, 5) is 6.46. The largest absolute Gasteiger partial charge is 0.335 e. The molecule has 2 rings (SSSR count). The Morgan fingerprint density at radius 1 is 1.39 bits per heavy atom. The van der Waals surface area contributed by atoms with Gasteiger partial charge in [0, 0.05) is 19.1 Å². The third-order valence-electron chi connectivity index (χ3n) is 3.39. The van der Waals surface area contributed by atoms with Crippen molar-refractivity contribution in [3.63, 3.8) is 0 Å². The van der Waals surface area contributed by atoms with Gasteiger partial charge in [0.1, 0.15) is 0 Å². The second kappa shape index (κ2) is 5.81. The van der Waals surface area contributed by atoms with E-state index in [9.17, 15) is 8.42 Å². The first-order chi connectivity index (χ1) is 8.66. The number of nitrogens with one attached hydrogen (secondary N) is 1. The van der Waals surface area contributed by atoms with Crippen LogP contribution in [-0.4, -0.2) is 41.8 Å². The minimum Gasteiger partial charge on any atom is -0.335 e. The maximum atomic E-state index is 12.5. The highest BCUT2D eigenvalue weighted by atomic mass is 32.2. The van der Waals surface area contributed by atoms with Crippen LogP contribution in [0.5, 0.6) is 0 Å². The lowest BCUT2D eigenvalue weighted by atomic mass is 9.95. The minimum absolute atomic E-state index is 0.0793. The van der Waals surface area contributed by atoms with Crippen LogP contribution in [0.25, 0.3) is 0 Å². The van der Waals surface area contributed by atoms with E-state index in [1.807, 2.05) is 0 Å². The summed E-state index contributed by atoms with van der Waals surface area (Å²) in [6.07, 6.45) is 7.95. The molecule has 0 radical (unpaired) electrons. The fourth-order valence-corrected chi connectivity index (χ4v) is 4.10. The standard InChI is InChI=1S/C11H20N4O2S/c12-6-7-15(10-4-2-1-3-5-10)18(16,17)11-8-13-9-14-11/h8-10H,1-7,12H2,(H,13,14). The van der Waals surface area contributed by atoms with Gasteiger partial charge in [0.25, 0.3) is 10.0 Å². The van der Waals surface area contributed by atoms with Crippen LogP contribution in [0.2, 0.25) is 0 Å². The van der Waals surface area contributed by atoms with Crippen molar-refractivity contribution in [2.24, 2.45) is 5.73 Å². The molecule has 102 valence electrons. The van der Waals surface area contributed by atoms with Gasteiger partial charge in [-0.05, 0) is 12.8 Å². The second-order valence-electron chi connectivity index (χ2n) is 4.61. The first-order valence-corrected chi connectivity index (χ1v) is 7.80. The Morgan fingerprint density at radius 2 is 2.11 bits per heavy atom. The van der Waals surface area contributed by atoms with Crippen molar-refractivity contribution in [3.05, 3.63) is 12.5 Å². The number of imidazole rings is 1. The van der Waals surface area contributed by atoms with Crippen LogP contribution in [0.3, 0.4) is 0 Å². The quantitative estimate of drug-likeness (QED) is 0.825. The Morgan fingerprint density at radius 3 is 2.67 bits per heavy atom. The van der Waals surface area contributed by atoms with Gasteiger partial charge in [0.05, 0.1) is 12.5 Å². The molecule has 7 heteroatoms. The third-order valence-corrected chi connectivity index (χ3v) is 5.27. The number of nitrogens with zero attached hydrogens (tertiary/aromatic N) is 2. The molecule has 0 saturated heterocycles. The van der Waals surface area contributed by atoms with Crippen molar-refractivity contribution in [3.8, 4) is 0 Å². The van der Waals surface area contributed by atoms with E-state index in [-0.39, 0.29) is 11.1 Å². The summed E-state index contributed by atoms with van der Waals surface area (Å²) in [7, 11) is -3.48. The Balaban J connectivity index is 2.23. The smallest absolute Gasteiger partial charge is 0.260 e. The Bertz CT molecular complexity index is 451. The first-order valence-electron chi connectivity index (χ1n) is 6.36. The zero-order valence-corrected chi connectivity index (χ0v) is 11.2. The summed E-state index contributed by atoms with van der Waals surface area (Å²) in [6, 6.07) is 0.0793. The highest BCUT2D eigenvalue weighted by Gasteiger charge is 2.32. The molecule has 3 N–H and O–H groups in total. The van der Waals surface area contributed by atoms with E-state index < -0.39 is 10.0 Å². The van der Waals surface area contributed by atoms with Crippen molar-refractivity contribution >= 4 is 10.0 Å². The lowest BCUT2D eigenvalue weighted by Crippen LogP contribution is -2.44. The van der Waals surface area contributed by atoms with Gasteiger partial charge in [-0.1, -0.05) is 19.3 Å². The SMILES string of the molecule is NCCN(C1CCCCC1)S(=O)(=O)c1cnc[nH]1. The Labute approximate surface area is 108 Å². The van der Waals surface area contributed by atoms with Crippen LogP contribution >= 0.6 is 0 Å². The van der Waals surface area contributed by atoms with Gasteiger partial charge in [-0.3, -0.25) is 0 Å². The van der Waals surface area contributed by atoms with Crippen LogP contribution in [0.15, 0.2) is 17.6 Å². The molecule has 18 heavy (non-hydrogen) atoms. The van der Waals surface area contributed by atoms with Gasteiger partial charge in [0.15, 0.2) is 5.03 Å². The molecule has 0 spiro atoms. The van der Waals surface area contributed by atoms with Crippen molar-refractivity contribution in [2.75, 3.05) is 13.1 Å². The second-order valence-corrected chi connectivity index (χ2v) is 6.47. The molecule has 0 bridgehead atoms. The summed E-state index contributed by atoms with van der Waals surface area (Å²) < 4.78 is 26.5. The molecule has 0 atom stereocenters. The van der Waals surface area contributed by atoms with Gasteiger partial charge in [-0.2, -0.15) is 4.31 Å². The molecule has 1 aliphatic carbocycles. The zero-order chi connectivity index (χ0) is 13.0. The van der Waals surface area contributed by atoms with Crippen molar-refractivity contribution in [1.29, 1.82) is 0 Å². The Kier molecular flexibility index (Phi) is 4.36. The number of hydrogen-bond donors (Lipinski definition) is 2. The molecular formula is C11H20N4O2S. The van der Waals surface area contributed by atoms with E-state index in [4.69, 9.17) is 5.73 Å². The molecular weight excluding hydrogens is 252 g/mol. The number of aromatic amines is 1. The van der Waals surface area contributed by atoms with E-state index in [1.54, 1.807) is 4.31 Å². The fourth-order valence-electron chi connectivity index (χ4n) is 2.51. The molecule has 0 unspecified atom stereocenters. The van der Waals surface area contributed by atoms with Gasteiger partial charge >= 0.3 is 0 Å². The van der Waals surface area contributed by atoms with Crippen LogP contribution in [0.1, 0.15) is 32.1 Å². The molecule has 0 amide bonds. The average molecular weight is 272 g/mol. The van der Waals surface area contributed by atoms with E-state index in [0.29, 0.717) is 13.1 Å². The van der Waals surface area contributed by atoms with Crippen LogP contribution < -0.4 is 5.73 Å². The van der Waals surface area contributed by atoms with E-state index in [1.165, 1.54) is 18.9 Å². The van der Waals surface area contributed by atoms with Gasteiger partial charge < -0.3 is 10.7 Å². The topological polar surface area (TPSA) is 92.1 Å². The monoisotopic (exact) mass is 272 g/mol. The summed E-state index contributed by atoms with van der Waals surface area (Å²) in [5.41, 5.74) is 5.55. The van der Waals surface area contributed by atoms with Crippen molar-refractivity contribution in [2.45, 2.75) is 43.2 Å². The van der Waals surface area contributed by atoms with Crippen molar-refractivity contribution < 1.29 is 8.42 Å². The first kappa shape index (κ1) is 13.5. The molecule has 1 saturated carbocycles. The Hall–Kier alpha value is -0.920. The molecule has 1 fully saturated rings. The maximum absolute atomic E-state index is 12.5. The number of sulfonamides is 1. The van der Waals surface area contributed by atoms with E-state index in [2.05, 4.69) is 9.97 Å². The van der Waals surface area contributed by atoms with Crippen LogP contribution in [0, 0.1) is 0 Å². The number of H-pyrrole nitrogens is 1. The predicted octanol–water partition coefficient (Wildman–Crippen LogP) is 0.692. The number of nitrogens with two attached hydrogens (primary N) is 1. The van der Waals surface area contributed by atoms with Gasteiger partial charge in [-0.25, -0.2) is 13.4 Å². The van der Waals surface area contributed by atoms with Gasteiger partial charge in [0.2, 0.25) is 0 Å². The van der Waals surface area contributed by atoms with Crippen LogP contribution in [0.4, 0.5) is 0 Å². The van der Waals surface area contributed by atoms with E-state index in [0.717, 1.165) is 25.7 Å². The zero-order valence-electron chi connectivity index (χ0n) is 10.4.